The van der Waals surface area contributed by atoms with Gasteiger partial charge in [0.25, 0.3) is 0 Å². The third-order valence-corrected chi connectivity index (χ3v) is 7.36. The molecular formula is C24H25N5O2S. The summed E-state index contributed by atoms with van der Waals surface area (Å²) in [6.45, 7) is 4.19. The van der Waals surface area contributed by atoms with Crippen LogP contribution in [0, 0.1) is 0 Å². The van der Waals surface area contributed by atoms with Gasteiger partial charge in [0.05, 0.1) is 10.4 Å². The number of aromatic nitrogens is 3. The summed E-state index contributed by atoms with van der Waals surface area (Å²) in [5.41, 5.74) is 2.62. The van der Waals surface area contributed by atoms with Gasteiger partial charge in [-0.15, -0.1) is 0 Å². The number of anilines is 1. The van der Waals surface area contributed by atoms with Crippen LogP contribution in [0.2, 0.25) is 0 Å². The Morgan fingerprint density at radius 1 is 0.969 bits per heavy atom. The van der Waals surface area contributed by atoms with Crippen LogP contribution >= 0.6 is 0 Å². The molecule has 2 aromatic heterocycles. The molecule has 0 aliphatic rings. The van der Waals surface area contributed by atoms with Crippen molar-refractivity contribution in [2.75, 3.05) is 12.4 Å². The van der Waals surface area contributed by atoms with E-state index in [1.54, 1.807) is 31.6 Å². The summed E-state index contributed by atoms with van der Waals surface area (Å²) in [6.07, 6.45) is 3.45. The minimum absolute atomic E-state index is 0.110. The van der Waals surface area contributed by atoms with Crippen molar-refractivity contribution >= 4 is 26.7 Å². The van der Waals surface area contributed by atoms with E-state index in [0.717, 1.165) is 22.0 Å². The van der Waals surface area contributed by atoms with E-state index in [0.29, 0.717) is 18.2 Å². The van der Waals surface area contributed by atoms with E-state index >= 15 is 0 Å². The second-order valence-electron chi connectivity index (χ2n) is 7.77. The van der Waals surface area contributed by atoms with Crippen LogP contribution in [0.4, 0.5) is 5.82 Å². The number of rotatable bonds is 7. The average Bonchev–Trinajstić information content (AvgIpc) is 2.82. The molecule has 4 aromatic rings. The highest BCUT2D eigenvalue weighted by Gasteiger charge is 2.22. The summed E-state index contributed by atoms with van der Waals surface area (Å²) in [7, 11) is -1.91. The number of fused-ring (bicyclic) bond motifs is 1. The molecule has 0 aliphatic carbocycles. The van der Waals surface area contributed by atoms with Gasteiger partial charge in [-0.25, -0.2) is 18.4 Å². The van der Waals surface area contributed by atoms with Crippen molar-refractivity contribution in [1.29, 1.82) is 0 Å². The monoisotopic (exact) mass is 447 g/mol. The lowest BCUT2D eigenvalue weighted by Gasteiger charge is -2.21. The molecule has 0 fully saturated rings. The Labute approximate surface area is 188 Å². The summed E-state index contributed by atoms with van der Waals surface area (Å²) in [4.78, 5) is 13.8. The molecule has 0 bridgehead atoms. The predicted molar refractivity (Wildman–Crippen MR) is 127 cm³/mol. The van der Waals surface area contributed by atoms with Crippen molar-refractivity contribution in [2.45, 2.75) is 31.3 Å². The smallest absolute Gasteiger partial charge is 0.243 e. The predicted octanol–water partition coefficient (Wildman–Crippen LogP) is 4.33. The zero-order valence-electron chi connectivity index (χ0n) is 18.2. The molecular weight excluding hydrogens is 422 g/mol. The molecule has 7 nitrogen and oxygen atoms in total. The van der Waals surface area contributed by atoms with Gasteiger partial charge in [-0.1, -0.05) is 24.3 Å². The normalized spacial score (nSPS) is 11.9. The Balaban J connectivity index is 1.59. The Hall–Kier alpha value is -3.36. The topological polar surface area (TPSA) is 88.1 Å². The number of sulfonamides is 1. The van der Waals surface area contributed by atoms with Gasteiger partial charge >= 0.3 is 0 Å². The molecule has 4 rings (SSSR count). The third-order valence-electron chi connectivity index (χ3n) is 5.31. The molecule has 32 heavy (non-hydrogen) atoms. The number of nitrogens with zero attached hydrogens (tertiary/aromatic N) is 4. The van der Waals surface area contributed by atoms with Gasteiger partial charge in [-0.05, 0) is 55.8 Å². The lowest BCUT2D eigenvalue weighted by molar-refractivity contribution is 0.410. The van der Waals surface area contributed by atoms with Crippen LogP contribution in [0.1, 0.15) is 19.4 Å². The SMILES string of the molecule is CC(C)N(C)S(=O)(=O)c1ccc(CNc2nc(-c3cccnc3)nc3ccccc23)cc1. The van der Waals surface area contributed by atoms with Crippen LogP contribution in [0.3, 0.4) is 0 Å². The minimum atomic E-state index is -3.50. The zero-order chi connectivity index (χ0) is 22.7. The molecule has 0 radical (unpaired) electrons. The lowest BCUT2D eigenvalue weighted by atomic mass is 10.2. The van der Waals surface area contributed by atoms with Gasteiger partial charge in [0, 0.05) is 43.0 Å². The first-order chi connectivity index (χ1) is 15.4. The Morgan fingerprint density at radius 3 is 2.41 bits per heavy atom. The van der Waals surface area contributed by atoms with E-state index in [9.17, 15) is 8.42 Å². The van der Waals surface area contributed by atoms with Crippen LogP contribution in [0.25, 0.3) is 22.3 Å². The quantitative estimate of drug-likeness (QED) is 0.454. The fraction of sp³-hybridized carbons (Fsp3) is 0.208. The van der Waals surface area contributed by atoms with E-state index in [1.165, 1.54) is 4.31 Å². The molecule has 164 valence electrons. The highest BCUT2D eigenvalue weighted by molar-refractivity contribution is 7.89. The summed E-state index contributed by atoms with van der Waals surface area (Å²) in [5, 5.41) is 4.30. The molecule has 2 aromatic carbocycles. The summed E-state index contributed by atoms with van der Waals surface area (Å²) < 4.78 is 26.7. The van der Waals surface area contributed by atoms with Crippen molar-refractivity contribution < 1.29 is 8.42 Å². The van der Waals surface area contributed by atoms with Crippen molar-refractivity contribution in [3.63, 3.8) is 0 Å². The molecule has 0 saturated heterocycles. The molecule has 0 atom stereocenters. The van der Waals surface area contributed by atoms with E-state index in [2.05, 4.69) is 15.3 Å². The molecule has 0 saturated carbocycles. The van der Waals surface area contributed by atoms with Gasteiger partial charge < -0.3 is 5.32 Å². The van der Waals surface area contributed by atoms with Crippen molar-refractivity contribution in [3.8, 4) is 11.4 Å². The lowest BCUT2D eigenvalue weighted by Crippen LogP contribution is -2.33. The Bertz CT molecular complexity index is 1320. The standard InChI is InChI=1S/C24H25N5O2S/c1-17(2)29(3)32(30,31)20-12-10-18(11-13-20)15-26-24-21-8-4-5-9-22(21)27-23(28-24)19-7-6-14-25-16-19/h4-14,16-17H,15H2,1-3H3,(H,26,27,28). The summed E-state index contributed by atoms with van der Waals surface area (Å²) in [5.74, 6) is 1.31. The largest absolute Gasteiger partial charge is 0.365 e. The van der Waals surface area contributed by atoms with Gasteiger partial charge in [0.2, 0.25) is 10.0 Å². The van der Waals surface area contributed by atoms with E-state index in [4.69, 9.17) is 4.98 Å². The number of para-hydroxylation sites is 1. The molecule has 0 aliphatic heterocycles. The van der Waals surface area contributed by atoms with Gasteiger partial charge in [-0.2, -0.15) is 4.31 Å². The molecule has 0 amide bonds. The number of hydrogen-bond acceptors (Lipinski definition) is 6. The fourth-order valence-electron chi connectivity index (χ4n) is 3.24. The van der Waals surface area contributed by atoms with Gasteiger partial charge in [0.15, 0.2) is 5.82 Å². The van der Waals surface area contributed by atoms with Crippen LogP contribution in [-0.2, 0) is 16.6 Å². The number of pyridine rings is 1. The molecule has 0 spiro atoms. The second-order valence-corrected chi connectivity index (χ2v) is 9.76. The van der Waals surface area contributed by atoms with Crippen LogP contribution in [0.5, 0.6) is 0 Å². The number of benzene rings is 2. The van der Waals surface area contributed by atoms with Crippen LogP contribution in [-0.4, -0.2) is 40.8 Å². The number of hydrogen-bond donors (Lipinski definition) is 1. The third kappa shape index (κ3) is 4.46. The Kier molecular flexibility index (Phi) is 6.16. The van der Waals surface area contributed by atoms with Crippen molar-refractivity contribution in [2.24, 2.45) is 0 Å². The van der Waals surface area contributed by atoms with E-state index < -0.39 is 10.0 Å². The maximum atomic E-state index is 12.7. The van der Waals surface area contributed by atoms with Gasteiger partial charge in [0.1, 0.15) is 5.82 Å². The van der Waals surface area contributed by atoms with Crippen LogP contribution in [0.15, 0.2) is 78.0 Å². The molecule has 2 heterocycles. The van der Waals surface area contributed by atoms with Crippen molar-refractivity contribution in [3.05, 3.63) is 78.6 Å². The van der Waals surface area contributed by atoms with E-state index in [1.807, 2.05) is 62.4 Å². The maximum absolute atomic E-state index is 12.7. The summed E-state index contributed by atoms with van der Waals surface area (Å²) >= 11 is 0. The first-order valence-electron chi connectivity index (χ1n) is 10.3. The maximum Gasteiger partial charge on any atom is 0.243 e. The van der Waals surface area contributed by atoms with Crippen LogP contribution < -0.4 is 5.32 Å². The highest BCUT2D eigenvalue weighted by Crippen LogP contribution is 2.25. The Morgan fingerprint density at radius 2 is 1.72 bits per heavy atom. The average molecular weight is 448 g/mol. The van der Waals surface area contributed by atoms with Gasteiger partial charge in [-0.3, -0.25) is 4.98 Å². The molecule has 0 unspecified atom stereocenters. The zero-order valence-corrected chi connectivity index (χ0v) is 19.0. The molecule has 8 heteroatoms. The molecule has 1 N–H and O–H groups in total. The van der Waals surface area contributed by atoms with E-state index in [-0.39, 0.29) is 10.9 Å². The minimum Gasteiger partial charge on any atom is -0.365 e. The van der Waals surface area contributed by atoms with Crippen molar-refractivity contribution in [1.82, 2.24) is 19.3 Å². The highest BCUT2D eigenvalue weighted by atomic mass is 32.2. The first-order valence-corrected chi connectivity index (χ1v) is 11.8. The fourth-order valence-corrected chi connectivity index (χ4v) is 4.61. The first kappa shape index (κ1) is 21.9. The second kappa shape index (κ2) is 9.02. The number of nitrogens with one attached hydrogen (secondary N) is 1. The summed E-state index contributed by atoms with van der Waals surface area (Å²) in [6, 6.07) is 18.4.